The highest BCUT2D eigenvalue weighted by atomic mass is 16.3. The molecule has 5 heteroatoms. The zero-order chi connectivity index (χ0) is 13.3. The summed E-state index contributed by atoms with van der Waals surface area (Å²) in [5, 5.41) is 13.5. The van der Waals surface area contributed by atoms with Crippen molar-refractivity contribution in [1.29, 1.82) is 0 Å². The smallest absolute Gasteiger partial charge is 0.323 e. The van der Waals surface area contributed by atoms with Gasteiger partial charge >= 0.3 is 5.69 Å². The van der Waals surface area contributed by atoms with Gasteiger partial charge in [0.1, 0.15) is 0 Å². The van der Waals surface area contributed by atoms with Gasteiger partial charge in [-0.2, -0.15) is 0 Å². The van der Waals surface area contributed by atoms with Gasteiger partial charge in [-0.1, -0.05) is 19.9 Å². The highest BCUT2D eigenvalue weighted by molar-refractivity contribution is 5.75. The number of nitrogens with one attached hydrogen (secondary N) is 3. The van der Waals surface area contributed by atoms with Crippen molar-refractivity contribution in [2.24, 2.45) is 5.41 Å². The molecule has 2 aromatic rings. The minimum Gasteiger partial charge on any atom is -0.388 e. The van der Waals surface area contributed by atoms with Gasteiger partial charge < -0.3 is 20.4 Å². The lowest BCUT2D eigenvalue weighted by atomic mass is 9.82. The summed E-state index contributed by atoms with van der Waals surface area (Å²) in [5.41, 5.74) is 1.77. The van der Waals surface area contributed by atoms with Crippen LogP contribution in [0.15, 0.2) is 23.0 Å². The van der Waals surface area contributed by atoms with Crippen LogP contribution < -0.4 is 11.0 Å². The van der Waals surface area contributed by atoms with E-state index in [4.69, 9.17) is 0 Å². The van der Waals surface area contributed by atoms with Crippen LogP contribution in [0.1, 0.15) is 25.5 Å². The molecule has 0 saturated heterocycles. The number of aromatic amines is 2. The van der Waals surface area contributed by atoms with E-state index in [0.717, 1.165) is 16.6 Å². The Bertz CT molecular complexity index is 598. The molecule has 2 rings (SSSR count). The predicted molar refractivity (Wildman–Crippen MR) is 71.6 cm³/mol. The largest absolute Gasteiger partial charge is 0.388 e. The number of aromatic nitrogens is 2. The molecule has 0 aliphatic carbocycles. The van der Waals surface area contributed by atoms with E-state index >= 15 is 0 Å². The molecule has 18 heavy (non-hydrogen) atoms. The first-order chi connectivity index (χ1) is 8.44. The molecule has 1 aromatic heterocycles. The van der Waals surface area contributed by atoms with Gasteiger partial charge in [-0.25, -0.2) is 4.79 Å². The first kappa shape index (κ1) is 12.9. The minimum absolute atomic E-state index is 0.230. The van der Waals surface area contributed by atoms with Crippen LogP contribution in [0.5, 0.6) is 0 Å². The van der Waals surface area contributed by atoms with E-state index < -0.39 is 6.10 Å². The normalized spacial score (nSPS) is 14.0. The summed E-state index contributed by atoms with van der Waals surface area (Å²) in [7, 11) is 1.86. The molecule has 0 aliphatic heterocycles. The summed E-state index contributed by atoms with van der Waals surface area (Å²) in [5.74, 6) is 0. The summed E-state index contributed by atoms with van der Waals surface area (Å²) in [6.07, 6.45) is -0.590. The van der Waals surface area contributed by atoms with E-state index in [-0.39, 0.29) is 11.1 Å². The lowest BCUT2D eigenvalue weighted by Gasteiger charge is -2.30. The number of aliphatic hydroxyl groups is 1. The molecule has 1 unspecified atom stereocenters. The van der Waals surface area contributed by atoms with Crippen LogP contribution in [0.25, 0.3) is 11.0 Å². The zero-order valence-corrected chi connectivity index (χ0v) is 10.9. The van der Waals surface area contributed by atoms with E-state index in [1.54, 1.807) is 6.07 Å². The van der Waals surface area contributed by atoms with Crippen LogP contribution in [-0.4, -0.2) is 28.7 Å². The molecule has 0 bridgehead atoms. The Balaban J connectivity index is 2.38. The lowest BCUT2D eigenvalue weighted by Crippen LogP contribution is -2.32. The van der Waals surface area contributed by atoms with E-state index in [0.29, 0.717) is 6.54 Å². The third-order valence-corrected chi connectivity index (χ3v) is 3.23. The second kappa shape index (κ2) is 4.59. The maximum Gasteiger partial charge on any atom is 0.323 e. The third-order valence-electron chi connectivity index (χ3n) is 3.23. The quantitative estimate of drug-likeness (QED) is 0.656. The molecule has 4 N–H and O–H groups in total. The maximum atomic E-state index is 11.2. The Morgan fingerprint density at radius 2 is 2.00 bits per heavy atom. The van der Waals surface area contributed by atoms with Crippen LogP contribution in [0, 0.1) is 5.41 Å². The standard InChI is InChI=1S/C13H19N3O2/c1-13(2,7-14-3)11(17)8-4-5-9-10(6-8)16-12(18)15-9/h4-6,11,14,17H,7H2,1-3H3,(H2,15,16,18). The van der Waals surface area contributed by atoms with Gasteiger partial charge in [0, 0.05) is 12.0 Å². The number of aliphatic hydroxyl groups excluding tert-OH is 1. The van der Waals surface area contributed by atoms with E-state index in [9.17, 15) is 9.90 Å². The number of benzene rings is 1. The van der Waals surface area contributed by atoms with Crippen molar-refractivity contribution in [1.82, 2.24) is 15.3 Å². The first-order valence-electron chi connectivity index (χ1n) is 5.98. The van der Waals surface area contributed by atoms with E-state index in [1.807, 2.05) is 33.0 Å². The Labute approximate surface area is 105 Å². The van der Waals surface area contributed by atoms with Crippen molar-refractivity contribution in [3.63, 3.8) is 0 Å². The Morgan fingerprint density at radius 1 is 1.33 bits per heavy atom. The lowest BCUT2D eigenvalue weighted by molar-refractivity contribution is 0.0507. The molecule has 1 aromatic carbocycles. The van der Waals surface area contributed by atoms with Crippen LogP contribution in [0.4, 0.5) is 0 Å². The summed E-state index contributed by atoms with van der Waals surface area (Å²) < 4.78 is 0. The topological polar surface area (TPSA) is 80.9 Å². The Hall–Kier alpha value is -1.59. The monoisotopic (exact) mass is 249 g/mol. The highest BCUT2D eigenvalue weighted by Gasteiger charge is 2.28. The SMILES string of the molecule is CNCC(C)(C)C(O)c1ccc2[nH]c(=O)[nH]c2c1. The molecule has 1 heterocycles. The molecular weight excluding hydrogens is 230 g/mol. The van der Waals surface area contributed by atoms with Gasteiger partial charge in [0.15, 0.2) is 0 Å². The van der Waals surface area contributed by atoms with E-state index in [1.165, 1.54) is 0 Å². The predicted octanol–water partition coefficient (Wildman–Crippen LogP) is 1.14. The molecule has 0 saturated carbocycles. The molecule has 0 amide bonds. The average Bonchev–Trinajstić information content (AvgIpc) is 2.66. The summed E-state index contributed by atoms with van der Waals surface area (Å²) in [4.78, 5) is 16.6. The van der Waals surface area contributed by atoms with E-state index in [2.05, 4.69) is 15.3 Å². The molecular formula is C13H19N3O2. The average molecular weight is 249 g/mol. The number of H-pyrrole nitrogens is 2. The highest BCUT2D eigenvalue weighted by Crippen LogP contribution is 2.33. The molecule has 0 radical (unpaired) electrons. The van der Waals surface area contributed by atoms with Gasteiger partial charge in [0.25, 0.3) is 0 Å². The van der Waals surface area contributed by atoms with Gasteiger partial charge in [-0.3, -0.25) is 0 Å². The molecule has 0 fully saturated rings. The summed E-state index contributed by atoms with van der Waals surface area (Å²) >= 11 is 0. The second-order valence-corrected chi connectivity index (χ2v) is 5.31. The minimum atomic E-state index is -0.590. The van der Waals surface area contributed by atoms with Gasteiger partial charge in [0.2, 0.25) is 0 Å². The third kappa shape index (κ3) is 2.32. The van der Waals surface area contributed by atoms with Crippen molar-refractivity contribution in [3.05, 3.63) is 34.2 Å². The first-order valence-corrected chi connectivity index (χ1v) is 5.98. The second-order valence-electron chi connectivity index (χ2n) is 5.31. The van der Waals surface area contributed by atoms with Crippen molar-refractivity contribution in [3.8, 4) is 0 Å². The molecule has 0 spiro atoms. The summed E-state index contributed by atoms with van der Waals surface area (Å²) in [6, 6.07) is 5.46. The Morgan fingerprint density at radius 3 is 2.67 bits per heavy atom. The van der Waals surface area contributed by atoms with Crippen molar-refractivity contribution >= 4 is 11.0 Å². The number of imidazole rings is 1. The van der Waals surface area contributed by atoms with Crippen molar-refractivity contribution in [2.45, 2.75) is 20.0 Å². The van der Waals surface area contributed by atoms with Crippen molar-refractivity contribution in [2.75, 3.05) is 13.6 Å². The number of fused-ring (bicyclic) bond motifs is 1. The maximum absolute atomic E-state index is 11.2. The van der Waals surface area contributed by atoms with Crippen LogP contribution in [-0.2, 0) is 0 Å². The number of hydrogen-bond acceptors (Lipinski definition) is 3. The van der Waals surface area contributed by atoms with Gasteiger partial charge in [0.05, 0.1) is 17.1 Å². The summed E-state index contributed by atoms with van der Waals surface area (Å²) in [6.45, 7) is 4.70. The van der Waals surface area contributed by atoms with Crippen LogP contribution in [0.3, 0.4) is 0 Å². The fourth-order valence-corrected chi connectivity index (χ4v) is 2.22. The molecule has 1 atom stereocenters. The molecule has 98 valence electrons. The zero-order valence-electron chi connectivity index (χ0n) is 10.9. The number of hydrogen-bond donors (Lipinski definition) is 4. The van der Waals surface area contributed by atoms with Gasteiger partial charge in [-0.15, -0.1) is 0 Å². The molecule has 0 aliphatic rings. The fraction of sp³-hybridized carbons (Fsp3) is 0.462. The Kier molecular flexibility index (Phi) is 3.28. The van der Waals surface area contributed by atoms with Crippen LogP contribution >= 0.6 is 0 Å². The molecule has 5 nitrogen and oxygen atoms in total. The van der Waals surface area contributed by atoms with Crippen LogP contribution in [0.2, 0.25) is 0 Å². The number of rotatable bonds is 4. The van der Waals surface area contributed by atoms with Crippen molar-refractivity contribution < 1.29 is 5.11 Å². The van der Waals surface area contributed by atoms with Gasteiger partial charge in [-0.05, 0) is 24.7 Å². The fourth-order valence-electron chi connectivity index (χ4n) is 2.22.